The van der Waals surface area contributed by atoms with Crippen LogP contribution in [0.3, 0.4) is 0 Å². The molecule has 3 aromatic rings. The van der Waals surface area contributed by atoms with E-state index in [0.717, 1.165) is 10.8 Å². The fraction of sp³-hybridized carbons (Fsp3) is 0. The highest BCUT2D eigenvalue weighted by molar-refractivity contribution is 5.83. The Morgan fingerprint density at radius 2 is 2.06 bits per heavy atom. The Kier molecular flexibility index (Phi) is 2.04. The number of fused-ring (bicyclic) bond motifs is 1. The van der Waals surface area contributed by atoms with Crippen LogP contribution in [0.2, 0.25) is 0 Å². The zero-order valence-electron chi connectivity index (χ0n) is 8.34. The third kappa shape index (κ3) is 1.61. The first-order chi connectivity index (χ1) is 7.92. The van der Waals surface area contributed by atoms with Crippen LogP contribution in [0.1, 0.15) is 0 Å². The lowest BCUT2D eigenvalue weighted by Crippen LogP contribution is -1.84. The van der Waals surface area contributed by atoms with Crippen molar-refractivity contribution in [3.05, 3.63) is 48.7 Å². The van der Waals surface area contributed by atoms with Crippen molar-refractivity contribution in [3.63, 3.8) is 0 Å². The maximum absolute atomic E-state index is 5.47. The third-order valence-corrected chi connectivity index (χ3v) is 2.24. The van der Waals surface area contributed by atoms with Crippen LogP contribution in [0.25, 0.3) is 10.8 Å². The first kappa shape index (κ1) is 8.91. The largest absolute Gasteiger partial charge is 0.436 e. The molecule has 3 rings (SSSR count). The topological polar surface area (TPSA) is 50.8 Å². The lowest BCUT2D eigenvalue weighted by Gasteiger charge is -2.02. The number of benzene rings is 2. The fourth-order valence-electron chi connectivity index (χ4n) is 1.51. The molecule has 77 valence electrons. The summed E-state index contributed by atoms with van der Waals surface area (Å²) in [5.41, 5.74) is 0. The van der Waals surface area contributed by atoms with Gasteiger partial charge in [-0.15, -0.1) is 0 Å². The Hall–Kier alpha value is -2.36. The molecule has 1 heterocycles. The van der Waals surface area contributed by atoms with Crippen LogP contribution in [-0.4, -0.2) is 15.4 Å². The maximum Gasteiger partial charge on any atom is 0.258 e. The van der Waals surface area contributed by atoms with Gasteiger partial charge in [0.25, 0.3) is 5.88 Å². The van der Waals surface area contributed by atoms with Gasteiger partial charge in [0.1, 0.15) is 5.75 Å². The van der Waals surface area contributed by atoms with Gasteiger partial charge in [0.15, 0.2) is 0 Å². The van der Waals surface area contributed by atoms with Gasteiger partial charge >= 0.3 is 0 Å². The second-order valence-corrected chi connectivity index (χ2v) is 3.32. The Morgan fingerprint density at radius 3 is 2.94 bits per heavy atom. The van der Waals surface area contributed by atoms with E-state index in [1.54, 1.807) is 6.20 Å². The molecule has 1 N–H and O–H groups in total. The molecule has 1 radical (unpaired) electrons. The molecule has 0 fully saturated rings. The fourth-order valence-corrected chi connectivity index (χ4v) is 1.51. The number of H-pyrrole nitrogens is 1. The molecule has 2 aromatic carbocycles. The summed E-state index contributed by atoms with van der Waals surface area (Å²) in [5.74, 6) is 1.07. The quantitative estimate of drug-likeness (QED) is 0.707. The molecule has 0 saturated carbocycles. The number of rotatable bonds is 2. The van der Waals surface area contributed by atoms with Gasteiger partial charge in [-0.1, -0.05) is 40.6 Å². The van der Waals surface area contributed by atoms with Crippen molar-refractivity contribution >= 4 is 10.8 Å². The van der Waals surface area contributed by atoms with E-state index in [2.05, 4.69) is 21.5 Å². The highest BCUT2D eigenvalue weighted by Gasteiger charge is 2.01. The van der Waals surface area contributed by atoms with E-state index in [9.17, 15) is 0 Å². The summed E-state index contributed by atoms with van der Waals surface area (Å²) in [6.45, 7) is 0. The van der Waals surface area contributed by atoms with Gasteiger partial charge in [-0.2, -0.15) is 0 Å². The average molecular weight is 210 g/mol. The third-order valence-electron chi connectivity index (χ3n) is 2.24. The summed E-state index contributed by atoms with van der Waals surface area (Å²) in [6, 6.07) is 15.0. The monoisotopic (exact) mass is 210 g/mol. The summed E-state index contributed by atoms with van der Waals surface area (Å²) in [6.07, 6.45) is 1.59. The zero-order valence-corrected chi connectivity index (χ0v) is 8.34. The molecule has 0 aliphatic carbocycles. The number of nitrogens with one attached hydrogen (secondary N) is 1. The molecule has 0 saturated heterocycles. The predicted molar refractivity (Wildman–Crippen MR) is 59.2 cm³/mol. The summed E-state index contributed by atoms with van der Waals surface area (Å²) in [4.78, 5) is 0. The number of hydrogen-bond donors (Lipinski definition) is 1. The Labute approximate surface area is 91.9 Å². The van der Waals surface area contributed by atoms with E-state index in [0.29, 0.717) is 11.6 Å². The van der Waals surface area contributed by atoms with E-state index in [-0.39, 0.29) is 0 Å². The van der Waals surface area contributed by atoms with Crippen molar-refractivity contribution in [2.45, 2.75) is 0 Å². The van der Waals surface area contributed by atoms with Gasteiger partial charge in [-0.25, -0.2) is 0 Å². The molecule has 0 spiro atoms. The molecular weight excluding hydrogens is 202 g/mol. The van der Waals surface area contributed by atoms with Crippen LogP contribution >= 0.6 is 0 Å². The standard InChI is InChI=1S/C12H8N3O/c1-2-4-10-7-11(6-5-9(10)3-1)16-12-8-13-15-14-12/h1-6,8H,(H,13,14,15). The van der Waals surface area contributed by atoms with Gasteiger partial charge < -0.3 is 4.74 Å². The lowest BCUT2D eigenvalue weighted by molar-refractivity contribution is 0.461. The molecular formula is C12H8N3O. The highest BCUT2D eigenvalue weighted by atomic mass is 16.5. The van der Waals surface area contributed by atoms with Crippen molar-refractivity contribution in [1.29, 1.82) is 0 Å². The summed E-state index contributed by atoms with van der Waals surface area (Å²) >= 11 is 0. The number of ether oxygens (including phenoxy) is 1. The van der Waals surface area contributed by atoms with Crippen LogP contribution in [0, 0.1) is 6.07 Å². The van der Waals surface area contributed by atoms with Crippen LogP contribution in [0.15, 0.2) is 42.6 Å². The normalized spacial score (nSPS) is 10.5. The van der Waals surface area contributed by atoms with Crippen molar-refractivity contribution in [2.24, 2.45) is 0 Å². The highest BCUT2D eigenvalue weighted by Crippen LogP contribution is 2.22. The maximum atomic E-state index is 5.47. The molecule has 1 aromatic heterocycles. The van der Waals surface area contributed by atoms with E-state index >= 15 is 0 Å². The first-order valence-corrected chi connectivity index (χ1v) is 4.87. The number of nitrogens with zero attached hydrogens (tertiary/aromatic N) is 2. The van der Waals surface area contributed by atoms with Gasteiger partial charge in [0.2, 0.25) is 0 Å². The minimum Gasteiger partial charge on any atom is -0.436 e. The molecule has 0 bridgehead atoms. The van der Waals surface area contributed by atoms with Crippen LogP contribution in [-0.2, 0) is 0 Å². The molecule has 0 atom stereocenters. The smallest absolute Gasteiger partial charge is 0.258 e. The second-order valence-electron chi connectivity index (χ2n) is 3.32. The Bertz CT molecular complexity index is 604. The zero-order chi connectivity index (χ0) is 10.8. The Morgan fingerprint density at radius 1 is 1.12 bits per heavy atom. The van der Waals surface area contributed by atoms with Gasteiger partial charge in [0.05, 0.1) is 6.20 Å². The van der Waals surface area contributed by atoms with Crippen molar-refractivity contribution < 1.29 is 4.74 Å². The molecule has 4 nitrogen and oxygen atoms in total. The van der Waals surface area contributed by atoms with E-state index < -0.39 is 0 Å². The van der Waals surface area contributed by atoms with Gasteiger partial charge in [-0.05, 0) is 16.8 Å². The van der Waals surface area contributed by atoms with Crippen LogP contribution in [0.5, 0.6) is 11.6 Å². The molecule has 16 heavy (non-hydrogen) atoms. The molecule has 0 amide bonds. The summed E-state index contributed by atoms with van der Waals surface area (Å²) in [7, 11) is 0. The molecule has 0 aliphatic rings. The average Bonchev–Trinajstić information content (AvgIpc) is 2.82. The molecule has 0 aliphatic heterocycles. The minimum atomic E-state index is 0.437. The number of hydrogen-bond acceptors (Lipinski definition) is 3. The van der Waals surface area contributed by atoms with E-state index in [4.69, 9.17) is 4.74 Å². The summed E-state index contributed by atoms with van der Waals surface area (Å²) < 4.78 is 5.47. The van der Waals surface area contributed by atoms with Gasteiger partial charge in [0, 0.05) is 6.07 Å². The van der Waals surface area contributed by atoms with Crippen LogP contribution < -0.4 is 4.74 Å². The van der Waals surface area contributed by atoms with Gasteiger partial charge in [-0.3, -0.25) is 5.10 Å². The predicted octanol–water partition coefficient (Wildman–Crippen LogP) is 2.55. The first-order valence-electron chi connectivity index (χ1n) is 4.87. The van der Waals surface area contributed by atoms with Crippen LogP contribution in [0.4, 0.5) is 0 Å². The minimum absolute atomic E-state index is 0.437. The van der Waals surface area contributed by atoms with Crippen molar-refractivity contribution in [1.82, 2.24) is 15.4 Å². The van der Waals surface area contributed by atoms with E-state index in [1.807, 2.05) is 36.4 Å². The van der Waals surface area contributed by atoms with Crippen molar-refractivity contribution in [3.8, 4) is 11.6 Å². The molecule has 4 heteroatoms. The Balaban J connectivity index is 1.99. The second kappa shape index (κ2) is 3.66. The van der Waals surface area contributed by atoms with E-state index in [1.165, 1.54) is 0 Å². The lowest BCUT2D eigenvalue weighted by atomic mass is 10.1. The molecule has 0 unspecified atom stereocenters. The SMILES string of the molecule is [c]1c(Oc2c[nH]nn2)ccc2ccccc12. The summed E-state index contributed by atoms with van der Waals surface area (Å²) in [5, 5.41) is 12.0. The van der Waals surface area contributed by atoms with Crippen molar-refractivity contribution in [2.75, 3.05) is 0 Å². The number of aromatic nitrogens is 3. The number of aromatic amines is 1.